The van der Waals surface area contributed by atoms with Crippen LogP contribution in [0.25, 0.3) is 16.9 Å². The van der Waals surface area contributed by atoms with E-state index in [2.05, 4.69) is 15.1 Å². The van der Waals surface area contributed by atoms with Gasteiger partial charge in [-0.15, -0.1) is 0 Å². The van der Waals surface area contributed by atoms with Crippen LogP contribution in [0.4, 0.5) is 10.3 Å². The van der Waals surface area contributed by atoms with Crippen LogP contribution in [0.5, 0.6) is 0 Å². The van der Waals surface area contributed by atoms with Crippen LogP contribution in [0.1, 0.15) is 46.3 Å². The molecule has 0 aliphatic carbocycles. The number of carbonyl (C=O) groups is 1. The predicted octanol–water partition coefficient (Wildman–Crippen LogP) is 4.52. The van der Waals surface area contributed by atoms with Crippen molar-refractivity contribution in [3.8, 4) is 16.9 Å². The maximum absolute atomic E-state index is 14.1. The number of aryl methyl sites for hydroxylation is 2. The van der Waals surface area contributed by atoms with Crippen LogP contribution in [0.2, 0.25) is 0 Å². The van der Waals surface area contributed by atoms with Crippen molar-refractivity contribution in [2.24, 2.45) is 0 Å². The van der Waals surface area contributed by atoms with Gasteiger partial charge in [0.2, 0.25) is 5.95 Å². The first-order valence-electron chi connectivity index (χ1n) is 11.9. The first-order chi connectivity index (χ1) is 17.3. The lowest BCUT2D eigenvalue weighted by molar-refractivity contribution is 0.0733. The average molecular weight is 486 g/mol. The number of halogens is 1. The summed E-state index contributed by atoms with van der Waals surface area (Å²) in [7, 11) is 3.74. The minimum absolute atomic E-state index is 0.111. The topological polar surface area (TPSA) is 80.0 Å². The Morgan fingerprint density at radius 2 is 1.92 bits per heavy atom. The lowest BCUT2D eigenvalue weighted by Crippen LogP contribution is -2.31. The normalized spacial score (nSPS) is 15.4. The third-order valence-corrected chi connectivity index (χ3v) is 6.39. The van der Waals surface area contributed by atoms with E-state index in [1.165, 1.54) is 12.1 Å². The van der Waals surface area contributed by atoms with Crippen LogP contribution in [-0.4, -0.2) is 56.2 Å². The molecule has 5 rings (SSSR count). The van der Waals surface area contributed by atoms with Crippen molar-refractivity contribution < 1.29 is 9.18 Å². The molecule has 1 fully saturated rings. The van der Waals surface area contributed by atoms with Gasteiger partial charge in [0.25, 0.3) is 5.91 Å². The molecule has 0 spiro atoms. The second-order valence-corrected chi connectivity index (χ2v) is 9.27. The van der Waals surface area contributed by atoms with Gasteiger partial charge in [0, 0.05) is 44.3 Å². The smallest absolute Gasteiger partial charge is 0.255 e. The van der Waals surface area contributed by atoms with E-state index >= 15 is 0 Å². The summed E-state index contributed by atoms with van der Waals surface area (Å²) in [6, 6.07) is 11.7. The van der Waals surface area contributed by atoms with Gasteiger partial charge in [0.15, 0.2) is 5.82 Å². The number of amides is 1. The van der Waals surface area contributed by atoms with E-state index < -0.39 is 0 Å². The van der Waals surface area contributed by atoms with Crippen LogP contribution < -0.4 is 4.90 Å². The van der Waals surface area contributed by atoms with E-state index in [9.17, 15) is 9.18 Å². The van der Waals surface area contributed by atoms with Gasteiger partial charge in [-0.1, -0.05) is 12.1 Å². The number of hydrogen-bond donors (Lipinski definition) is 0. The second-order valence-electron chi connectivity index (χ2n) is 9.27. The highest BCUT2D eigenvalue weighted by atomic mass is 19.1. The molecular weight excluding hydrogens is 457 g/mol. The highest BCUT2D eigenvalue weighted by Gasteiger charge is 2.34. The second kappa shape index (κ2) is 9.49. The molecule has 1 aliphatic rings. The Balaban J connectivity index is 1.49. The number of anilines is 1. The van der Waals surface area contributed by atoms with Gasteiger partial charge in [0.05, 0.1) is 23.0 Å². The van der Waals surface area contributed by atoms with Gasteiger partial charge in [-0.2, -0.15) is 5.10 Å². The molecule has 1 aliphatic heterocycles. The zero-order valence-electron chi connectivity index (χ0n) is 20.8. The highest BCUT2D eigenvalue weighted by molar-refractivity contribution is 5.94. The number of carbonyl (C=O) groups excluding carboxylic acids is 1. The molecule has 3 aromatic heterocycles. The molecule has 1 atom stereocenters. The first-order valence-corrected chi connectivity index (χ1v) is 11.9. The molecule has 1 saturated heterocycles. The summed E-state index contributed by atoms with van der Waals surface area (Å²) in [5.41, 5.74) is 4.52. The molecule has 0 bridgehead atoms. The van der Waals surface area contributed by atoms with Gasteiger partial charge in [-0.25, -0.2) is 24.0 Å². The molecule has 4 aromatic rings. The zero-order valence-corrected chi connectivity index (χ0v) is 20.8. The van der Waals surface area contributed by atoms with E-state index in [4.69, 9.17) is 4.98 Å². The average Bonchev–Trinajstić information content (AvgIpc) is 3.49. The minimum atomic E-state index is -0.330. The Bertz CT molecular complexity index is 1410. The summed E-state index contributed by atoms with van der Waals surface area (Å²) in [6.07, 6.45) is 4.92. The maximum atomic E-state index is 14.1. The Kier molecular flexibility index (Phi) is 6.22. The van der Waals surface area contributed by atoms with E-state index in [-0.39, 0.29) is 17.8 Å². The highest BCUT2D eigenvalue weighted by Crippen LogP contribution is 2.38. The predicted molar refractivity (Wildman–Crippen MR) is 136 cm³/mol. The van der Waals surface area contributed by atoms with Gasteiger partial charge in [-0.05, 0) is 62.6 Å². The van der Waals surface area contributed by atoms with Crippen LogP contribution in [-0.2, 0) is 0 Å². The third kappa shape index (κ3) is 4.44. The molecule has 0 unspecified atom stereocenters. The van der Waals surface area contributed by atoms with Gasteiger partial charge >= 0.3 is 0 Å². The van der Waals surface area contributed by atoms with Crippen LogP contribution in [0.3, 0.4) is 0 Å². The van der Waals surface area contributed by atoms with Gasteiger partial charge < -0.3 is 9.80 Å². The number of pyridine rings is 1. The summed E-state index contributed by atoms with van der Waals surface area (Å²) >= 11 is 0. The number of aromatic nitrogens is 5. The lowest BCUT2D eigenvalue weighted by Gasteiger charge is -2.27. The van der Waals surface area contributed by atoms with Crippen LogP contribution >= 0.6 is 0 Å². The summed E-state index contributed by atoms with van der Waals surface area (Å²) in [5.74, 6) is 0.763. The Morgan fingerprint density at radius 3 is 2.58 bits per heavy atom. The van der Waals surface area contributed by atoms with Crippen molar-refractivity contribution >= 4 is 11.9 Å². The van der Waals surface area contributed by atoms with Crippen molar-refractivity contribution in [2.75, 3.05) is 25.5 Å². The molecule has 1 aromatic carbocycles. The summed E-state index contributed by atoms with van der Waals surface area (Å²) < 4.78 is 15.8. The van der Waals surface area contributed by atoms with Crippen LogP contribution in [0.15, 0.2) is 54.9 Å². The molecular formula is C27H28FN7O. The van der Waals surface area contributed by atoms with Gasteiger partial charge in [-0.3, -0.25) is 4.79 Å². The molecule has 0 saturated carbocycles. The van der Waals surface area contributed by atoms with E-state index in [1.807, 2.05) is 55.9 Å². The molecule has 0 N–H and O–H groups in total. The van der Waals surface area contributed by atoms with Crippen molar-refractivity contribution in [1.82, 2.24) is 29.6 Å². The molecule has 0 radical (unpaired) electrons. The summed E-state index contributed by atoms with van der Waals surface area (Å²) in [5, 5.41) is 4.47. The molecule has 8 nitrogen and oxygen atoms in total. The van der Waals surface area contributed by atoms with E-state index in [1.54, 1.807) is 29.2 Å². The maximum Gasteiger partial charge on any atom is 0.255 e. The Hall–Kier alpha value is -4.14. The fourth-order valence-electron chi connectivity index (χ4n) is 4.69. The van der Waals surface area contributed by atoms with E-state index in [0.717, 1.165) is 35.5 Å². The van der Waals surface area contributed by atoms with Crippen molar-refractivity contribution in [3.05, 3.63) is 83.3 Å². The number of rotatable bonds is 5. The molecule has 9 heteroatoms. The minimum Gasteiger partial charge on any atom is -0.347 e. The first kappa shape index (κ1) is 23.6. The van der Waals surface area contributed by atoms with Crippen molar-refractivity contribution in [3.63, 3.8) is 0 Å². The molecule has 36 heavy (non-hydrogen) atoms. The zero-order chi connectivity index (χ0) is 25.4. The number of nitrogens with zero attached hydrogens (tertiary/aromatic N) is 7. The molecule has 1 amide bonds. The quantitative estimate of drug-likeness (QED) is 0.413. The number of benzene rings is 1. The number of hydrogen-bond acceptors (Lipinski definition) is 6. The SMILES string of the molecule is Cc1cc(C)n(-c2ccc(C(=O)N3CCC[C@@H]3c3nc(N(C)C)ncc3-c3cccc(F)c3)cn2)n1. The lowest BCUT2D eigenvalue weighted by atomic mass is 9.99. The fraction of sp³-hybridized carbons (Fsp3) is 0.296. The molecule has 4 heterocycles. The largest absolute Gasteiger partial charge is 0.347 e. The monoisotopic (exact) mass is 485 g/mol. The standard InChI is InChI=1S/C27H28FN7O/c1-17-13-18(2)35(32-17)24-11-10-20(15-29-24)26(36)34-12-6-9-23(34)25-22(16-30-27(31-25)33(3)4)19-7-5-8-21(28)14-19/h5,7-8,10-11,13-16,23H,6,9,12H2,1-4H3/t23-/m1/s1. The summed E-state index contributed by atoms with van der Waals surface area (Å²) in [6.45, 7) is 4.50. The van der Waals surface area contributed by atoms with Gasteiger partial charge in [0.1, 0.15) is 5.82 Å². The Labute approximate surface area is 209 Å². The molecule has 184 valence electrons. The van der Waals surface area contributed by atoms with Crippen LogP contribution in [0, 0.1) is 19.7 Å². The Morgan fingerprint density at radius 1 is 1.08 bits per heavy atom. The summed E-state index contributed by atoms with van der Waals surface area (Å²) in [4.78, 5) is 31.1. The van der Waals surface area contributed by atoms with Crippen molar-refractivity contribution in [1.29, 1.82) is 0 Å². The number of likely N-dealkylation sites (tertiary alicyclic amines) is 1. The third-order valence-electron chi connectivity index (χ3n) is 6.39. The fourth-order valence-corrected chi connectivity index (χ4v) is 4.69. The van der Waals surface area contributed by atoms with E-state index in [0.29, 0.717) is 29.4 Å². The van der Waals surface area contributed by atoms with Crippen molar-refractivity contribution in [2.45, 2.75) is 32.7 Å².